The van der Waals surface area contributed by atoms with Crippen molar-refractivity contribution >= 4 is 23.4 Å². The second kappa shape index (κ2) is 8.90. The maximum absolute atomic E-state index is 12.2. The molecule has 0 aliphatic heterocycles. The normalized spacial score (nSPS) is 12.0. The van der Waals surface area contributed by atoms with E-state index in [1.807, 2.05) is 36.9 Å². The van der Waals surface area contributed by atoms with E-state index in [0.717, 1.165) is 42.1 Å². The Bertz CT molecular complexity index is 434. The highest BCUT2D eigenvalue weighted by molar-refractivity contribution is 7.98. The fraction of sp³-hybridized carbons (Fsp3) is 0.562. The van der Waals surface area contributed by atoms with Gasteiger partial charge in [-0.3, -0.25) is 4.79 Å². The first kappa shape index (κ1) is 16.9. The van der Waals surface area contributed by atoms with Crippen LogP contribution in [0.5, 0.6) is 0 Å². The molecule has 0 spiro atoms. The van der Waals surface area contributed by atoms with Crippen molar-refractivity contribution in [3.8, 4) is 0 Å². The minimum Gasteiger partial charge on any atom is -0.385 e. The number of benzene rings is 1. The second-order valence-corrected chi connectivity index (χ2v) is 6.14. The average Bonchev–Trinajstić information content (AvgIpc) is 2.43. The van der Waals surface area contributed by atoms with Crippen molar-refractivity contribution in [1.29, 1.82) is 0 Å². The molecule has 0 aromatic heterocycles. The van der Waals surface area contributed by atoms with E-state index in [0.29, 0.717) is 5.92 Å². The summed E-state index contributed by atoms with van der Waals surface area (Å²) in [6.45, 7) is 7.96. The predicted molar refractivity (Wildman–Crippen MR) is 89.8 cm³/mol. The van der Waals surface area contributed by atoms with Crippen LogP contribution in [0.1, 0.15) is 36.2 Å². The number of thioether (sulfide) groups is 1. The van der Waals surface area contributed by atoms with Crippen molar-refractivity contribution in [2.75, 3.05) is 30.4 Å². The Balaban J connectivity index is 2.59. The molecule has 0 aliphatic rings. The SMILES string of the molecule is CCCNc1ccc(C(=O)NCC(C)CSC)c(C)c1. The molecule has 0 saturated heterocycles. The van der Waals surface area contributed by atoms with E-state index in [9.17, 15) is 4.79 Å². The number of hydrogen-bond acceptors (Lipinski definition) is 3. The molecule has 3 nitrogen and oxygen atoms in total. The van der Waals surface area contributed by atoms with Crippen LogP contribution in [0.4, 0.5) is 5.69 Å². The van der Waals surface area contributed by atoms with Crippen molar-refractivity contribution in [2.45, 2.75) is 27.2 Å². The molecule has 112 valence electrons. The van der Waals surface area contributed by atoms with Gasteiger partial charge in [0.15, 0.2) is 0 Å². The molecule has 2 N–H and O–H groups in total. The van der Waals surface area contributed by atoms with Gasteiger partial charge in [0.2, 0.25) is 0 Å². The van der Waals surface area contributed by atoms with Gasteiger partial charge >= 0.3 is 0 Å². The number of carbonyl (C=O) groups is 1. The summed E-state index contributed by atoms with van der Waals surface area (Å²) in [6.07, 6.45) is 3.18. The number of anilines is 1. The monoisotopic (exact) mass is 294 g/mol. The quantitative estimate of drug-likeness (QED) is 0.770. The van der Waals surface area contributed by atoms with Gasteiger partial charge in [-0.15, -0.1) is 0 Å². The van der Waals surface area contributed by atoms with Crippen LogP contribution in [0, 0.1) is 12.8 Å². The molecule has 0 bridgehead atoms. The molecule has 1 aromatic carbocycles. The molecular weight excluding hydrogens is 268 g/mol. The van der Waals surface area contributed by atoms with E-state index in [4.69, 9.17) is 0 Å². The summed E-state index contributed by atoms with van der Waals surface area (Å²) in [5.74, 6) is 1.59. The molecule has 0 heterocycles. The lowest BCUT2D eigenvalue weighted by atomic mass is 10.1. The third-order valence-corrected chi connectivity index (χ3v) is 4.01. The molecule has 0 aliphatic carbocycles. The zero-order valence-corrected chi connectivity index (χ0v) is 13.8. The molecule has 4 heteroatoms. The van der Waals surface area contributed by atoms with Gasteiger partial charge in [0.25, 0.3) is 5.91 Å². The van der Waals surface area contributed by atoms with Gasteiger partial charge in [-0.25, -0.2) is 0 Å². The Morgan fingerprint density at radius 1 is 1.40 bits per heavy atom. The summed E-state index contributed by atoms with van der Waals surface area (Å²) in [6, 6.07) is 5.92. The highest BCUT2D eigenvalue weighted by atomic mass is 32.2. The number of aryl methyl sites for hydroxylation is 1. The smallest absolute Gasteiger partial charge is 0.251 e. The summed E-state index contributed by atoms with van der Waals surface area (Å²) in [7, 11) is 0. The van der Waals surface area contributed by atoms with Crippen molar-refractivity contribution in [1.82, 2.24) is 5.32 Å². The Hall–Kier alpha value is -1.16. The molecule has 0 radical (unpaired) electrons. The van der Waals surface area contributed by atoms with Crippen molar-refractivity contribution in [2.24, 2.45) is 5.92 Å². The van der Waals surface area contributed by atoms with Crippen LogP contribution in [0.15, 0.2) is 18.2 Å². The van der Waals surface area contributed by atoms with Gasteiger partial charge in [-0.1, -0.05) is 13.8 Å². The van der Waals surface area contributed by atoms with E-state index in [1.165, 1.54) is 0 Å². The number of nitrogens with one attached hydrogen (secondary N) is 2. The highest BCUT2D eigenvalue weighted by Gasteiger charge is 2.10. The minimum atomic E-state index is 0.0255. The van der Waals surface area contributed by atoms with Crippen LogP contribution < -0.4 is 10.6 Å². The largest absolute Gasteiger partial charge is 0.385 e. The first-order valence-corrected chi connectivity index (χ1v) is 8.59. The Morgan fingerprint density at radius 2 is 2.15 bits per heavy atom. The molecule has 20 heavy (non-hydrogen) atoms. The Morgan fingerprint density at radius 3 is 2.75 bits per heavy atom. The number of rotatable bonds is 8. The van der Waals surface area contributed by atoms with Crippen LogP contribution in [0.2, 0.25) is 0 Å². The maximum Gasteiger partial charge on any atom is 0.251 e. The Kier molecular flexibility index (Phi) is 7.52. The zero-order valence-electron chi connectivity index (χ0n) is 13.0. The molecule has 1 atom stereocenters. The number of hydrogen-bond donors (Lipinski definition) is 2. The molecule has 0 saturated carbocycles. The summed E-state index contributed by atoms with van der Waals surface area (Å²) in [5, 5.41) is 6.35. The molecule has 1 unspecified atom stereocenters. The Labute approximate surface area is 126 Å². The van der Waals surface area contributed by atoms with Gasteiger partial charge in [0.1, 0.15) is 0 Å². The van der Waals surface area contributed by atoms with Gasteiger partial charge in [0.05, 0.1) is 0 Å². The van der Waals surface area contributed by atoms with E-state index < -0.39 is 0 Å². The maximum atomic E-state index is 12.2. The number of carbonyl (C=O) groups excluding carboxylic acids is 1. The lowest BCUT2D eigenvalue weighted by Gasteiger charge is -2.13. The first-order chi connectivity index (χ1) is 9.58. The standard InChI is InChI=1S/C16H26N2OS/c1-5-8-17-14-6-7-15(13(3)9-14)16(19)18-10-12(2)11-20-4/h6-7,9,12,17H,5,8,10-11H2,1-4H3,(H,18,19). The summed E-state index contributed by atoms with van der Waals surface area (Å²) >= 11 is 1.81. The van der Waals surface area contributed by atoms with Crippen LogP contribution in [0.25, 0.3) is 0 Å². The van der Waals surface area contributed by atoms with E-state index in [1.54, 1.807) is 0 Å². The predicted octanol–water partition coefficient (Wildman–Crippen LogP) is 3.55. The zero-order chi connectivity index (χ0) is 15.0. The second-order valence-electron chi connectivity index (χ2n) is 5.23. The molecule has 1 amide bonds. The highest BCUT2D eigenvalue weighted by Crippen LogP contribution is 2.15. The van der Waals surface area contributed by atoms with Crippen molar-refractivity contribution < 1.29 is 4.79 Å². The average molecular weight is 294 g/mol. The topological polar surface area (TPSA) is 41.1 Å². The fourth-order valence-electron chi connectivity index (χ4n) is 2.00. The third-order valence-electron chi connectivity index (χ3n) is 3.11. The molecule has 0 fully saturated rings. The van der Waals surface area contributed by atoms with Gasteiger partial charge in [-0.2, -0.15) is 11.8 Å². The first-order valence-electron chi connectivity index (χ1n) is 7.20. The molecule has 1 aromatic rings. The van der Waals surface area contributed by atoms with E-state index in [2.05, 4.69) is 30.7 Å². The van der Waals surface area contributed by atoms with Gasteiger partial charge in [0, 0.05) is 24.3 Å². The number of amides is 1. The van der Waals surface area contributed by atoms with E-state index >= 15 is 0 Å². The van der Waals surface area contributed by atoms with Crippen LogP contribution in [-0.4, -0.2) is 31.0 Å². The molecular formula is C16H26N2OS. The fourth-order valence-corrected chi connectivity index (χ4v) is 2.69. The summed E-state index contributed by atoms with van der Waals surface area (Å²) in [4.78, 5) is 12.2. The lowest BCUT2D eigenvalue weighted by Crippen LogP contribution is -2.29. The van der Waals surface area contributed by atoms with Crippen molar-refractivity contribution in [3.63, 3.8) is 0 Å². The summed E-state index contributed by atoms with van der Waals surface area (Å²) in [5.41, 5.74) is 2.86. The van der Waals surface area contributed by atoms with Gasteiger partial charge < -0.3 is 10.6 Å². The van der Waals surface area contributed by atoms with E-state index in [-0.39, 0.29) is 5.91 Å². The van der Waals surface area contributed by atoms with Gasteiger partial charge in [-0.05, 0) is 55.0 Å². The van der Waals surface area contributed by atoms with Crippen LogP contribution in [-0.2, 0) is 0 Å². The molecule has 1 rings (SSSR count). The van der Waals surface area contributed by atoms with Crippen molar-refractivity contribution in [3.05, 3.63) is 29.3 Å². The lowest BCUT2D eigenvalue weighted by molar-refractivity contribution is 0.0948. The third kappa shape index (κ3) is 5.45. The summed E-state index contributed by atoms with van der Waals surface area (Å²) < 4.78 is 0. The minimum absolute atomic E-state index is 0.0255. The van der Waals surface area contributed by atoms with Crippen LogP contribution in [0.3, 0.4) is 0 Å². The van der Waals surface area contributed by atoms with Crippen LogP contribution >= 0.6 is 11.8 Å².